The van der Waals surface area contributed by atoms with E-state index >= 15 is 0 Å². The Labute approximate surface area is 175 Å². The van der Waals surface area contributed by atoms with Crippen LogP contribution in [0.5, 0.6) is 0 Å². The molecule has 152 valence electrons. The lowest BCUT2D eigenvalue weighted by atomic mass is 10.1. The highest BCUT2D eigenvalue weighted by Crippen LogP contribution is 2.28. The van der Waals surface area contributed by atoms with E-state index in [0.29, 0.717) is 15.6 Å². The molecule has 3 aromatic rings. The molecule has 0 saturated heterocycles. The molecule has 1 aromatic heterocycles. The number of nitrogens with one attached hydrogen (secondary N) is 1. The summed E-state index contributed by atoms with van der Waals surface area (Å²) in [5, 5.41) is 13.1. The number of benzene rings is 2. The second kappa shape index (κ2) is 8.39. The van der Waals surface area contributed by atoms with Crippen molar-refractivity contribution >= 4 is 45.2 Å². The minimum atomic E-state index is -1.59. The standard InChI is InChI=1S/C21H21ClN2O4S/c1-12-8-17(22)16-10-19(24(3)18(16)9-12)21(27)23-13(2)14-4-6-15(7-5-14)29(28)11-20(25)26/h4-10,13H,11H2,1-3H3,(H,23,27)(H,25,26)/t13-,29+/m1/s1. The molecule has 6 nitrogen and oxygen atoms in total. The third kappa shape index (κ3) is 4.52. The third-order valence-electron chi connectivity index (χ3n) is 4.73. The zero-order chi connectivity index (χ0) is 21.3. The van der Waals surface area contributed by atoms with Crippen molar-refractivity contribution in [1.82, 2.24) is 9.88 Å². The molecule has 0 spiro atoms. The Morgan fingerprint density at radius 1 is 1.21 bits per heavy atom. The van der Waals surface area contributed by atoms with Gasteiger partial charge in [-0.25, -0.2) is 0 Å². The lowest BCUT2D eigenvalue weighted by Crippen LogP contribution is -2.28. The average Bonchev–Trinajstić information content (AvgIpc) is 2.98. The quantitative estimate of drug-likeness (QED) is 0.619. The largest absolute Gasteiger partial charge is 0.481 e. The monoisotopic (exact) mass is 432 g/mol. The Morgan fingerprint density at radius 2 is 1.86 bits per heavy atom. The van der Waals surface area contributed by atoms with Gasteiger partial charge >= 0.3 is 5.97 Å². The molecule has 0 radical (unpaired) electrons. The van der Waals surface area contributed by atoms with Crippen LogP contribution in [0.3, 0.4) is 0 Å². The summed E-state index contributed by atoms with van der Waals surface area (Å²) in [5.74, 6) is -1.78. The fourth-order valence-corrected chi connectivity index (χ4v) is 4.35. The Morgan fingerprint density at radius 3 is 2.48 bits per heavy atom. The number of hydrogen-bond acceptors (Lipinski definition) is 3. The predicted octanol–water partition coefficient (Wildman–Crippen LogP) is 3.82. The molecule has 1 amide bonds. The predicted molar refractivity (Wildman–Crippen MR) is 114 cm³/mol. The second-order valence-electron chi connectivity index (χ2n) is 6.92. The van der Waals surface area contributed by atoms with Crippen LogP contribution in [0.1, 0.15) is 34.6 Å². The zero-order valence-electron chi connectivity index (χ0n) is 16.2. The normalized spacial score (nSPS) is 13.2. The van der Waals surface area contributed by atoms with Gasteiger partial charge in [0.2, 0.25) is 0 Å². The van der Waals surface area contributed by atoms with Crippen molar-refractivity contribution in [2.45, 2.75) is 24.8 Å². The second-order valence-corrected chi connectivity index (χ2v) is 8.77. The maximum atomic E-state index is 12.8. The smallest absolute Gasteiger partial charge is 0.316 e. The van der Waals surface area contributed by atoms with E-state index in [0.717, 1.165) is 22.0 Å². The molecule has 29 heavy (non-hydrogen) atoms. The van der Waals surface area contributed by atoms with Crippen LogP contribution in [0, 0.1) is 6.92 Å². The first-order chi connectivity index (χ1) is 13.7. The topological polar surface area (TPSA) is 88.4 Å². The van der Waals surface area contributed by atoms with Crippen molar-refractivity contribution in [3.05, 3.63) is 64.3 Å². The van der Waals surface area contributed by atoms with Gasteiger partial charge in [0.25, 0.3) is 5.91 Å². The average molecular weight is 433 g/mol. The van der Waals surface area contributed by atoms with E-state index < -0.39 is 22.5 Å². The van der Waals surface area contributed by atoms with E-state index in [1.807, 2.05) is 37.6 Å². The molecule has 0 unspecified atom stereocenters. The van der Waals surface area contributed by atoms with Gasteiger partial charge in [0.05, 0.1) is 27.4 Å². The van der Waals surface area contributed by atoms with Gasteiger partial charge in [0.1, 0.15) is 11.4 Å². The van der Waals surface area contributed by atoms with Gasteiger partial charge < -0.3 is 15.0 Å². The van der Waals surface area contributed by atoms with E-state index in [2.05, 4.69) is 5.32 Å². The van der Waals surface area contributed by atoms with Crippen molar-refractivity contribution in [1.29, 1.82) is 0 Å². The van der Waals surface area contributed by atoms with Crippen LogP contribution >= 0.6 is 11.6 Å². The van der Waals surface area contributed by atoms with Crippen LogP contribution in [0.2, 0.25) is 5.02 Å². The van der Waals surface area contributed by atoms with Gasteiger partial charge in [-0.3, -0.25) is 13.8 Å². The Bertz CT molecular complexity index is 1120. The summed E-state index contributed by atoms with van der Waals surface area (Å²) in [6.45, 7) is 3.80. The summed E-state index contributed by atoms with van der Waals surface area (Å²) >= 11 is 6.32. The first-order valence-electron chi connectivity index (χ1n) is 8.94. The number of aliphatic carboxylic acids is 1. The first kappa shape index (κ1) is 21.1. The van der Waals surface area contributed by atoms with Gasteiger partial charge in [-0.15, -0.1) is 0 Å². The molecule has 8 heteroatoms. The van der Waals surface area contributed by atoms with Gasteiger partial charge in [0.15, 0.2) is 0 Å². The molecular formula is C21H21ClN2O4S. The number of aromatic nitrogens is 1. The minimum Gasteiger partial charge on any atom is -0.481 e. The van der Waals surface area contributed by atoms with E-state index in [-0.39, 0.29) is 11.9 Å². The van der Waals surface area contributed by atoms with E-state index in [1.54, 1.807) is 30.3 Å². The highest BCUT2D eigenvalue weighted by molar-refractivity contribution is 7.85. The summed E-state index contributed by atoms with van der Waals surface area (Å²) in [5.41, 5.74) is 3.23. The van der Waals surface area contributed by atoms with Crippen molar-refractivity contribution < 1.29 is 18.9 Å². The number of fused-ring (bicyclic) bond motifs is 1. The number of rotatable bonds is 6. The van der Waals surface area contributed by atoms with Crippen LogP contribution in [0.25, 0.3) is 10.9 Å². The number of carboxylic acid groups (broad SMARTS) is 1. The molecule has 3 rings (SSSR count). The Balaban J connectivity index is 1.78. The Hall–Kier alpha value is -2.64. The Kier molecular flexibility index (Phi) is 6.10. The van der Waals surface area contributed by atoms with Crippen molar-refractivity contribution in [2.24, 2.45) is 7.05 Å². The molecule has 0 bridgehead atoms. The summed E-state index contributed by atoms with van der Waals surface area (Å²) in [4.78, 5) is 24.0. The molecule has 2 N–H and O–H groups in total. The molecule has 2 atom stereocenters. The van der Waals surface area contributed by atoms with Gasteiger partial charge in [0, 0.05) is 17.3 Å². The molecular weight excluding hydrogens is 412 g/mol. The summed E-state index contributed by atoms with van der Waals surface area (Å²) < 4.78 is 13.7. The van der Waals surface area contributed by atoms with Crippen molar-refractivity contribution in [3.63, 3.8) is 0 Å². The van der Waals surface area contributed by atoms with E-state index in [4.69, 9.17) is 16.7 Å². The SMILES string of the molecule is Cc1cc(Cl)c2cc(C(=O)N[C@H](C)c3ccc([S@@](=O)CC(=O)O)cc3)n(C)c2c1. The highest BCUT2D eigenvalue weighted by atomic mass is 35.5. The number of amides is 1. The number of aryl methyl sites for hydroxylation is 2. The van der Waals surface area contributed by atoms with E-state index in [1.165, 1.54) is 0 Å². The summed E-state index contributed by atoms with van der Waals surface area (Å²) in [6, 6.07) is 12.1. The van der Waals surface area contributed by atoms with Crippen LogP contribution in [-0.2, 0) is 22.6 Å². The molecule has 0 saturated carbocycles. The van der Waals surface area contributed by atoms with Gasteiger partial charge in [-0.1, -0.05) is 23.7 Å². The number of carbonyl (C=O) groups is 2. The lowest BCUT2D eigenvalue weighted by Gasteiger charge is -2.15. The van der Waals surface area contributed by atoms with Crippen LogP contribution in [0.4, 0.5) is 0 Å². The van der Waals surface area contributed by atoms with Crippen LogP contribution < -0.4 is 5.32 Å². The molecule has 0 aliphatic carbocycles. The summed E-state index contributed by atoms with van der Waals surface area (Å²) in [7, 11) is 0.229. The maximum Gasteiger partial charge on any atom is 0.316 e. The number of carboxylic acids is 1. The number of hydrogen-bond donors (Lipinski definition) is 2. The first-order valence-corrected chi connectivity index (χ1v) is 10.6. The fourth-order valence-electron chi connectivity index (χ4n) is 3.19. The third-order valence-corrected chi connectivity index (χ3v) is 6.35. The number of carbonyl (C=O) groups excluding carboxylic acids is 1. The number of halogens is 1. The number of nitrogens with zero attached hydrogens (tertiary/aromatic N) is 1. The van der Waals surface area contributed by atoms with Gasteiger partial charge in [-0.05, 0) is 55.3 Å². The molecule has 0 aliphatic rings. The van der Waals surface area contributed by atoms with E-state index in [9.17, 15) is 13.8 Å². The fraction of sp³-hybridized carbons (Fsp3) is 0.238. The van der Waals surface area contributed by atoms with Crippen LogP contribution in [-0.4, -0.2) is 31.5 Å². The minimum absolute atomic E-state index is 0.233. The zero-order valence-corrected chi connectivity index (χ0v) is 17.8. The molecule has 2 aromatic carbocycles. The molecule has 0 aliphatic heterocycles. The molecule has 1 heterocycles. The highest BCUT2D eigenvalue weighted by Gasteiger charge is 2.18. The van der Waals surface area contributed by atoms with Crippen molar-refractivity contribution in [2.75, 3.05) is 5.75 Å². The maximum absolute atomic E-state index is 12.8. The van der Waals surface area contributed by atoms with Crippen LogP contribution in [0.15, 0.2) is 47.4 Å². The molecule has 0 fully saturated rings. The summed E-state index contributed by atoms with van der Waals surface area (Å²) in [6.07, 6.45) is 0. The lowest BCUT2D eigenvalue weighted by molar-refractivity contribution is -0.133. The van der Waals surface area contributed by atoms with Crippen molar-refractivity contribution in [3.8, 4) is 0 Å². The van der Waals surface area contributed by atoms with Gasteiger partial charge in [-0.2, -0.15) is 0 Å².